The fraction of sp³-hybridized carbons (Fsp3) is 0.355. The minimum atomic E-state index is -0.576. The summed E-state index contributed by atoms with van der Waals surface area (Å²) in [5.74, 6) is -0.395. The van der Waals surface area contributed by atoms with Gasteiger partial charge in [0.1, 0.15) is 11.3 Å². The molecule has 2 aromatic heterocycles. The van der Waals surface area contributed by atoms with Crippen LogP contribution in [0.4, 0.5) is 5.13 Å². The molecule has 4 aromatic rings. The van der Waals surface area contributed by atoms with Crippen LogP contribution in [0.25, 0.3) is 22.2 Å². The number of nitrogens with zero attached hydrogens (tertiary/aromatic N) is 1. The van der Waals surface area contributed by atoms with E-state index in [1.165, 1.54) is 23.0 Å². The molecule has 2 heterocycles. The number of rotatable bonds is 13. The Morgan fingerprint density at radius 3 is 2.55 bits per heavy atom. The number of phenols is 1. The number of unbranched alkanes of at least 4 members (excludes halogenated alkanes) is 3. The van der Waals surface area contributed by atoms with Gasteiger partial charge in [-0.25, -0.2) is 9.78 Å². The first-order chi connectivity index (χ1) is 19.3. The zero-order valence-corrected chi connectivity index (χ0v) is 23.7. The maximum absolute atomic E-state index is 12.7. The van der Waals surface area contributed by atoms with E-state index < -0.39 is 5.63 Å². The average molecular weight is 562 g/mol. The van der Waals surface area contributed by atoms with Crippen molar-refractivity contribution in [2.75, 3.05) is 11.9 Å². The first-order valence-electron chi connectivity index (χ1n) is 13.7. The van der Waals surface area contributed by atoms with Crippen molar-refractivity contribution in [3.8, 4) is 17.0 Å². The SMILES string of the molecule is CCCCCCc1cc2cc(-c3csc(NC(=O)CCC(=O)NCCc4ccc(C)cc4)n3)c(=O)oc2cc1O. The van der Waals surface area contributed by atoms with Crippen LogP contribution in [0.15, 0.2) is 57.1 Å². The van der Waals surface area contributed by atoms with Gasteiger partial charge >= 0.3 is 5.63 Å². The Labute approximate surface area is 237 Å². The van der Waals surface area contributed by atoms with Crippen molar-refractivity contribution >= 4 is 39.3 Å². The normalized spacial score (nSPS) is 11.1. The number of aromatic hydroxyl groups is 1. The van der Waals surface area contributed by atoms with E-state index in [0.717, 1.165) is 49.7 Å². The summed E-state index contributed by atoms with van der Waals surface area (Å²) < 4.78 is 5.46. The quantitative estimate of drug-likeness (QED) is 0.133. The number of carbonyl (C=O) groups excluding carboxylic acids is 2. The molecule has 0 radical (unpaired) electrons. The van der Waals surface area contributed by atoms with Crippen LogP contribution in [0.2, 0.25) is 0 Å². The molecule has 210 valence electrons. The predicted octanol–water partition coefficient (Wildman–Crippen LogP) is 6.13. The summed E-state index contributed by atoms with van der Waals surface area (Å²) in [6.07, 6.45) is 5.91. The van der Waals surface area contributed by atoms with Crippen LogP contribution in [-0.4, -0.2) is 28.4 Å². The van der Waals surface area contributed by atoms with Crippen molar-refractivity contribution < 1.29 is 19.1 Å². The number of aryl methyl sites for hydroxylation is 2. The van der Waals surface area contributed by atoms with Crippen molar-refractivity contribution in [3.05, 3.63) is 75.0 Å². The second-order valence-electron chi connectivity index (χ2n) is 9.95. The number of amides is 2. The molecule has 3 N–H and O–H groups in total. The molecule has 0 aliphatic carbocycles. The van der Waals surface area contributed by atoms with Gasteiger partial charge in [0, 0.05) is 36.2 Å². The molecule has 2 aromatic carbocycles. The monoisotopic (exact) mass is 561 g/mol. The number of nitrogens with one attached hydrogen (secondary N) is 2. The van der Waals surface area contributed by atoms with Crippen LogP contribution in [-0.2, 0) is 22.4 Å². The van der Waals surface area contributed by atoms with Crippen LogP contribution in [0, 0.1) is 6.92 Å². The van der Waals surface area contributed by atoms with Crippen LogP contribution < -0.4 is 16.3 Å². The fourth-order valence-electron chi connectivity index (χ4n) is 4.38. The molecule has 2 amide bonds. The first kappa shape index (κ1) is 29.0. The lowest BCUT2D eigenvalue weighted by molar-refractivity contribution is -0.124. The summed E-state index contributed by atoms with van der Waals surface area (Å²) in [5.41, 5.74) is 3.55. The average Bonchev–Trinajstić information content (AvgIpc) is 3.39. The van der Waals surface area contributed by atoms with Gasteiger partial charge in [0.15, 0.2) is 5.13 Å². The first-order valence-corrected chi connectivity index (χ1v) is 14.6. The zero-order valence-electron chi connectivity index (χ0n) is 22.9. The van der Waals surface area contributed by atoms with Crippen molar-refractivity contribution in [1.29, 1.82) is 0 Å². The van der Waals surface area contributed by atoms with E-state index in [2.05, 4.69) is 22.5 Å². The molecule has 40 heavy (non-hydrogen) atoms. The van der Waals surface area contributed by atoms with Gasteiger partial charge in [0.05, 0.1) is 11.3 Å². The van der Waals surface area contributed by atoms with Gasteiger partial charge in [0.2, 0.25) is 11.8 Å². The maximum Gasteiger partial charge on any atom is 0.345 e. The molecular formula is C31H35N3O5S. The number of benzene rings is 2. The molecule has 4 rings (SSSR count). The Bertz CT molecular complexity index is 1520. The maximum atomic E-state index is 12.7. The highest BCUT2D eigenvalue weighted by Crippen LogP contribution is 2.30. The topological polar surface area (TPSA) is 122 Å². The van der Waals surface area contributed by atoms with E-state index in [1.54, 1.807) is 11.4 Å². The largest absolute Gasteiger partial charge is 0.508 e. The van der Waals surface area contributed by atoms with E-state index in [-0.39, 0.29) is 36.0 Å². The predicted molar refractivity (Wildman–Crippen MR) is 159 cm³/mol. The highest BCUT2D eigenvalue weighted by atomic mass is 32.1. The number of hydrogen-bond donors (Lipinski definition) is 3. The van der Waals surface area contributed by atoms with Gasteiger partial charge in [0.25, 0.3) is 0 Å². The van der Waals surface area contributed by atoms with E-state index in [0.29, 0.717) is 28.3 Å². The van der Waals surface area contributed by atoms with Gasteiger partial charge in [-0.1, -0.05) is 56.0 Å². The van der Waals surface area contributed by atoms with Crippen molar-refractivity contribution in [1.82, 2.24) is 10.3 Å². The van der Waals surface area contributed by atoms with Crippen LogP contribution >= 0.6 is 11.3 Å². The highest BCUT2D eigenvalue weighted by Gasteiger charge is 2.15. The molecule has 0 aliphatic heterocycles. The van der Waals surface area contributed by atoms with Crippen LogP contribution in [0.3, 0.4) is 0 Å². The third-order valence-corrected chi connectivity index (χ3v) is 7.45. The lowest BCUT2D eigenvalue weighted by Crippen LogP contribution is -2.26. The Morgan fingerprint density at radius 2 is 1.77 bits per heavy atom. The number of fused-ring (bicyclic) bond motifs is 1. The third-order valence-electron chi connectivity index (χ3n) is 6.70. The van der Waals surface area contributed by atoms with E-state index in [4.69, 9.17) is 4.42 Å². The van der Waals surface area contributed by atoms with Gasteiger partial charge in [-0.3, -0.25) is 9.59 Å². The molecule has 0 fully saturated rings. The van der Waals surface area contributed by atoms with Gasteiger partial charge in [-0.05, 0) is 49.4 Å². The highest BCUT2D eigenvalue weighted by molar-refractivity contribution is 7.14. The van der Waals surface area contributed by atoms with Crippen LogP contribution in [0.1, 0.15) is 62.1 Å². The molecule has 0 aliphatic rings. The van der Waals surface area contributed by atoms with E-state index >= 15 is 0 Å². The van der Waals surface area contributed by atoms with Crippen molar-refractivity contribution in [2.24, 2.45) is 0 Å². The standard InChI is InChI=1S/C31H35N3O5S/c1-3-4-5-6-7-22-16-23-17-24(30(38)39-27(23)18-26(22)35)25-19-40-31(33-25)34-29(37)13-12-28(36)32-15-14-21-10-8-20(2)9-11-21/h8-11,16-19,35H,3-7,12-15H2,1-2H3,(H,32,36)(H,33,34,37). The summed E-state index contributed by atoms with van der Waals surface area (Å²) in [7, 11) is 0. The molecule has 0 bridgehead atoms. The minimum absolute atomic E-state index is 0.0217. The van der Waals surface area contributed by atoms with E-state index in [1.807, 2.05) is 37.3 Å². The smallest absolute Gasteiger partial charge is 0.345 e. The van der Waals surface area contributed by atoms with Crippen LogP contribution in [0.5, 0.6) is 5.75 Å². The Balaban J connectivity index is 1.32. The summed E-state index contributed by atoms with van der Waals surface area (Å²) in [5, 5.41) is 18.6. The number of anilines is 1. The molecule has 0 atom stereocenters. The summed E-state index contributed by atoms with van der Waals surface area (Å²) >= 11 is 1.19. The number of phenolic OH excluding ortho intramolecular Hbond substituents is 1. The lowest BCUT2D eigenvalue weighted by atomic mass is 10.0. The second-order valence-corrected chi connectivity index (χ2v) is 10.8. The van der Waals surface area contributed by atoms with Gasteiger partial charge in [-0.2, -0.15) is 0 Å². The summed E-state index contributed by atoms with van der Waals surface area (Å²) in [4.78, 5) is 41.6. The van der Waals surface area contributed by atoms with Crippen molar-refractivity contribution in [2.45, 2.75) is 65.2 Å². The molecule has 0 spiro atoms. The Morgan fingerprint density at radius 1 is 1.00 bits per heavy atom. The molecule has 0 saturated heterocycles. The molecule has 8 nitrogen and oxygen atoms in total. The van der Waals surface area contributed by atoms with Gasteiger partial charge < -0.3 is 20.2 Å². The number of thiazole rings is 1. The molecule has 9 heteroatoms. The molecule has 0 unspecified atom stereocenters. The summed E-state index contributed by atoms with van der Waals surface area (Å²) in [6.45, 7) is 4.69. The number of carbonyl (C=O) groups is 2. The fourth-order valence-corrected chi connectivity index (χ4v) is 5.10. The third kappa shape index (κ3) is 8.02. The summed E-state index contributed by atoms with van der Waals surface area (Å²) in [6, 6.07) is 13.2. The zero-order chi connectivity index (χ0) is 28.5. The molecule has 0 saturated carbocycles. The lowest BCUT2D eigenvalue weighted by Gasteiger charge is -2.07. The van der Waals surface area contributed by atoms with Gasteiger partial charge in [-0.15, -0.1) is 11.3 Å². The van der Waals surface area contributed by atoms with E-state index in [9.17, 15) is 19.5 Å². The number of hydrogen-bond acceptors (Lipinski definition) is 7. The minimum Gasteiger partial charge on any atom is -0.508 e. The second kappa shape index (κ2) is 13.9. The van der Waals surface area contributed by atoms with Crippen molar-refractivity contribution in [3.63, 3.8) is 0 Å². The Kier molecular flexibility index (Phi) is 10.1. The Hall–Kier alpha value is -3.98. The molecular weight excluding hydrogens is 526 g/mol. The number of aromatic nitrogens is 1.